The quantitative estimate of drug-likeness (QED) is 0.305. The van der Waals surface area contributed by atoms with E-state index in [0.717, 1.165) is 12.8 Å². The Balaban J connectivity index is 1.85. The fourth-order valence-corrected chi connectivity index (χ4v) is 2.91. The molecule has 1 N–H and O–H groups in total. The summed E-state index contributed by atoms with van der Waals surface area (Å²) in [5.41, 5.74) is 0.618. The van der Waals surface area contributed by atoms with Crippen molar-refractivity contribution in [2.75, 3.05) is 0 Å². The van der Waals surface area contributed by atoms with Gasteiger partial charge in [-0.05, 0) is 12.5 Å². The van der Waals surface area contributed by atoms with Gasteiger partial charge >= 0.3 is 0 Å². The summed E-state index contributed by atoms with van der Waals surface area (Å²) in [5.74, 6) is 6.37. The highest BCUT2D eigenvalue weighted by Crippen LogP contribution is 2.14. The van der Waals surface area contributed by atoms with Gasteiger partial charge in [0.05, 0.1) is 5.56 Å². The van der Waals surface area contributed by atoms with Gasteiger partial charge in [0.25, 0.3) is 0 Å². The molecule has 0 heterocycles. The van der Waals surface area contributed by atoms with Crippen LogP contribution in [0.2, 0.25) is 0 Å². The molecule has 0 unspecified atom stereocenters. The summed E-state index contributed by atoms with van der Waals surface area (Å²) in [5, 5.41) is 9.59. The molecular weight excluding hydrogens is 292 g/mol. The highest BCUT2D eigenvalue weighted by atomic mass is 16.3. The Kier molecular flexibility index (Phi) is 13.0. The molecule has 24 heavy (non-hydrogen) atoms. The van der Waals surface area contributed by atoms with Crippen molar-refractivity contribution >= 4 is 0 Å². The molecule has 0 fully saturated rings. The molecule has 1 heteroatoms. The minimum atomic E-state index is 0.232. The largest absolute Gasteiger partial charge is 0.507 e. The Morgan fingerprint density at radius 2 is 1.38 bits per heavy atom. The molecule has 0 aliphatic heterocycles. The summed E-state index contributed by atoms with van der Waals surface area (Å²) in [7, 11) is 0. The van der Waals surface area contributed by atoms with Crippen molar-refractivity contribution in [3.63, 3.8) is 0 Å². The van der Waals surface area contributed by atoms with E-state index in [1.54, 1.807) is 18.2 Å². The zero-order valence-corrected chi connectivity index (χ0v) is 15.6. The van der Waals surface area contributed by atoms with Gasteiger partial charge in [-0.15, -0.1) is 0 Å². The van der Waals surface area contributed by atoms with Crippen LogP contribution in [-0.4, -0.2) is 5.11 Å². The number of aromatic hydroxyl groups is 1. The van der Waals surface area contributed by atoms with E-state index in [2.05, 4.69) is 24.8 Å². The second kappa shape index (κ2) is 15.1. The first-order chi connectivity index (χ1) is 11.8. The topological polar surface area (TPSA) is 20.2 Å². The average molecular weight is 328 g/mol. The standard InChI is InChI=1S/C23H35O/c1-2-3-4-5-6-7-8-9-10-11-12-13-14-15-16-19-22-20-17-18-21-23(22)24/h17-18,21,24H,2-15H2,1H3. The molecular formula is C23H35O. The van der Waals surface area contributed by atoms with Crippen LogP contribution in [-0.2, 0) is 0 Å². The van der Waals surface area contributed by atoms with Crippen molar-refractivity contribution in [3.8, 4) is 17.6 Å². The third kappa shape index (κ3) is 11.2. The molecule has 133 valence electrons. The molecule has 1 radical (unpaired) electrons. The van der Waals surface area contributed by atoms with Crippen LogP contribution in [0, 0.1) is 17.9 Å². The second-order valence-corrected chi connectivity index (χ2v) is 6.72. The summed E-state index contributed by atoms with van der Waals surface area (Å²) in [4.78, 5) is 0. The van der Waals surface area contributed by atoms with E-state index in [1.165, 1.54) is 77.0 Å². The molecule has 0 aromatic heterocycles. The van der Waals surface area contributed by atoms with Crippen LogP contribution in [0.15, 0.2) is 18.2 Å². The van der Waals surface area contributed by atoms with E-state index in [-0.39, 0.29) is 5.75 Å². The van der Waals surface area contributed by atoms with Crippen molar-refractivity contribution in [2.45, 2.75) is 96.8 Å². The van der Waals surface area contributed by atoms with Crippen LogP contribution >= 0.6 is 0 Å². The molecule has 0 bridgehead atoms. The van der Waals surface area contributed by atoms with Gasteiger partial charge in [0.1, 0.15) is 5.75 Å². The molecule has 0 aliphatic rings. The molecule has 0 atom stereocenters. The van der Waals surface area contributed by atoms with Crippen LogP contribution in [0.1, 0.15) is 102 Å². The lowest BCUT2D eigenvalue weighted by molar-refractivity contribution is 0.473. The van der Waals surface area contributed by atoms with Crippen molar-refractivity contribution in [3.05, 3.63) is 29.8 Å². The zero-order chi connectivity index (χ0) is 17.3. The van der Waals surface area contributed by atoms with E-state index in [1.807, 2.05) is 0 Å². The lowest BCUT2D eigenvalue weighted by Gasteiger charge is -2.02. The molecule has 1 rings (SSSR count). The molecule has 1 aromatic carbocycles. The van der Waals surface area contributed by atoms with Gasteiger partial charge in [-0.3, -0.25) is 0 Å². The Labute approximate surface area is 149 Å². The second-order valence-electron chi connectivity index (χ2n) is 6.72. The zero-order valence-electron chi connectivity index (χ0n) is 15.6. The number of phenolic OH excluding ortho intramolecular Hbond substituents is 1. The molecule has 0 amide bonds. The number of rotatable bonds is 13. The number of hydrogen-bond acceptors (Lipinski definition) is 1. The minimum Gasteiger partial charge on any atom is -0.507 e. The predicted molar refractivity (Wildman–Crippen MR) is 104 cm³/mol. The van der Waals surface area contributed by atoms with Crippen LogP contribution in [0.3, 0.4) is 0 Å². The van der Waals surface area contributed by atoms with Gasteiger partial charge in [-0.2, -0.15) is 0 Å². The highest BCUT2D eigenvalue weighted by molar-refractivity contribution is 5.43. The van der Waals surface area contributed by atoms with Crippen LogP contribution in [0.4, 0.5) is 0 Å². The maximum atomic E-state index is 9.59. The van der Waals surface area contributed by atoms with Gasteiger partial charge in [-0.25, -0.2) is 0 Å². The van der Waals surface area contributed by atoms with Crippen molar-refractivity contribution in [2.24, 2.45) is 0 Å². The number of phenols is 1. The van der Waals surface area contributed by atoms with Crippen molar-refractivity contribution in [1.29, 1.82) is 0 Å². The molecule has 0 aliphatic carbocycles. The summed E-state index contributed by atoms with van der Waals surface area (Å²) in [6.45, 7) is 2.28. The third-order valence-corrected chi connectivity index (χ3v) is 4.45. The smallest absolute Gasteiger partial charge is 0.131 e. The first-order valence-corrected chi connectivity index (χ1v) is 10.0. The summed E-state index contributed by atoms with van der Waals surface area (Å²) in [6, 6.07) is 8.18. The lowest BCUT2D eigenvalue weighted by Crippen LogP contribution is -1.83. The SMILES string of the molecule is CCCCCCCCCCCCCCCC#Cc1[c]cccc1O. The predicted octanol–water partition coefficient (Wildman–Crippen LogP) is 7.03. The lowest BCUT2D eigenvalue weighted by atomic mass is 10.0. The van der Waals surface area contributed by atoms with Crippen LogP contribution < -0.4 is 0 Å². The highest BCUT2D eigenvalue weighted by Gasteiger charge is 1.95. The van der Waals surface area contributed by atoms with E-state index in [9.17, 15) is 5.11 Å². The molecule has 0 saturated carbocycles. The summed E-state index contributed by atoms with van der Waals surface area (Å²) < 4.78 is 0. The Morgan fingerprint density at radius 1 is 0.833 bits per heavy atom. The van der Waals surface area contributed by atoms with Gasteiger partial charge in [0.2, 0.25) is 0 Å². The Hall–Kier alpha value is -1.42. The van der Waals surface area contributed by atoms with Gasteiger partial charge in [0, 0.05) is 12.5 Å². The monoisotopic (exact) mass is 327 g/mol. The summed E-state index contributed by atoms with van der Waals surface area (Å²) in [6.07, 6.45) is 18.8. The minimum absolute atomic E-state index is 0.232. The average Bonchev–Trinajstić information content (AvgIpc) is 2.60. The first-order valence-electron chi connectivity index (χ1n) is 10.0. The van der Waals surface area contributed by atoms with Crippen molar-refractivity contribution < 1.29 is 5.11 Å². The Morgan fingerprint density at radius 3 is 1.92 bits per heavy atom. The van der Waals surface area contributed by atoms with E-state index in [0.29, 0.717) is 5.56 Å². The van der Waals surface area contributed by atoms with E-state index in [4.69, 9.17) is 0 Å². The fourth-order valence-electron chi connectivity index (χ4n) is 2.91. The number of hydrogen-bond donors (Lipinski definition) is 1. The molecule has 0 spiro atoms. The van der Waals surface area contributed by atoms with Crippen LogP contribution in [0.5, 0.6) is 5.75 Å². The van der Waals surface area contributed by atoms with Crippen LogP contribution in [0.25, 0.3) is 0 Å². The van der Waals surface area contributed by atoms with E-state index >= 15 is 0 Å². The third-order valence-electron chi connectivity index (χ3n) is 4.45. The van der Waals surface area contributed by atoms with Gasteiger partial charge < -0.3 is 5.11 Å². The normalized spacial score (nSPS) is 10.4. The number of unbranched alkanes of at least 4 members (excludes halogenated alkanes) is 13. The molecule has 0 saturated heterocycles. The van der Waals surface area contributed by atoms with E-state index < -0.39 is 0 Å². The van der Waals surface area contributed by atoms with Crippen molar-refractivity contribution in [1.82, 2.24) is 0 Å². The molecule has 1 nitrogen and oxygen atoms in total. The maximum Gasteiger partial charge on any atom is 0.131 e. The first kappa shape index (κ1) is 20.6. The fraction of sp³-hybridized carbons (Fsp3) is 0.652. The van der Waals surface area contributed by atoms with Gasteiger partial charge in [-0.1, -0.05) is 108 Å². The maximum absolute atomic E-state index is 9.59. The summed E-state index contributed by atoms with van der Waals surface area (Å²) >= 11 is 0. The molecule has 1 aromatic rings. The Bertz CT molecular complexity index is 466. The van der Waals surface area contributed by atoms with Gasteiger partial charge in [0.15, 0.2) is 0 Å². The number of benzene rings is 1.